The van der Waals surface area contributed by atoms with Gasteiger partial charge in [-0.15, -0.1) is 0 Å². The molecule has 210 valence electrons. The topological polar surface area (TPSA) is 105 Å². The SMILES string of the molecule is COc1ccc(/C=C/CCCCOc2ccc(NC(=O)c3cccc(C(=O)N(C)C)c3)cc2CCC(=O)O)cc1. The predicted molar refractivity (Wildman–Crippen MR) is 156 cm³/mol. The van der Waals surface area contributed by atoms with Crippen LogP contribution in [-0.4, -0.2) is 55.6 Å². The maximum atomic E-state index is 12.9. The van der Waals surface area contributed by atoms with Gasteiger partial charge in [0.15, 0.2) is 0 Å². The molecular formula is C32H36N2O6. The lowest BCUT2D eigenvalue weighted by Gasteiger charge is -2.14. The van der Waals surface area contributed by atoms with Gasteiger partial charge in [-0.2, -0.15) is 0 Å². The van der Waals surface area contributed by atoms with Gasteiger partial charge in [-0.1, -0.05) is 30.4 Å². The average molecular weight is 545 g/mol. The molecule has 0 bridgehead atoms. The number of aliphatic carboxylic acids is 1. The standard InChI is InChI=1S/C32H36N2O6/c1-34(2)32(38)26-11-8-10-25(21-26)31(37)33-27-15-18-29(24(22-27)14-19-30(35)36)40-20-7-5-4-6-9-23-12-16-28(39-3)17-13-23/h6,8-13,15-18,21-22H,4-5,7,14,19-20H2,1-3H3,(H,33,37)(H,35,36)/b9-6+. The molecule has 0 fully saturated rings. The normalized spacial score (nSPS) is 10.8. The van der Waals surface area contributed by atoms with Crippen LogP contribution >= 0.6 is 0 Å². The number of carbonyl (C=O) groups is 3. The first-order valence-electron chi connectivity index (χ1n) is 13.2. The van der Waals surface area contributed by atoms with E-state index in [9.17, 15) is 19.5 Å². The van der Waals surface area contributed by atoms with Gasteiger partial charge in [0.1, 0.15) is 11.5 Å². The Hall–Kier alpha value is -4.59. The van der Waals surface area contributed by atoms with Gasteiger partial charge < -0.3 is 24.8 Å². The number of ether oxygens (including phenoxy) is 2. The third-order valence-electron chi connectivity index (χ3n) is 6.15. The number of carbonyl (C=O) groups excluding carboxylic acids is 2. The number of carboxylic acids is 1. The van der Waals surface area contributed by atoms with Gasteiger partial charge in [-0.25, -0.2) is 0 Å². The van der Waals surface area contributed by atoms with Gasteiger partial charge in [-0.3, -0.25) is 14.4 Å². The number of amides is 2. The summed E-state index contributed by atoms with van der Waals surface area (Å²) in [5.74, 6) is -0.0390. The maximum absolute atomic E-state index is 12.9. The lowest BCUT2D eigenvalue weighted by molar-refractivity contribution is -0.136. The maximum Gasteiger partial charge on any atom is 0.303 e. The molecule has 2 amide bonds. The second-order valence-corrected chi connectivity index (χ2v) is 9.47. The van der Waals surface area contributed by atoms with E-state index < -0.39 is 5.97 Å². The van der Waals surface area contributed by atoms with E-state index in [-0.39, 0.29) is 24.7 Å². The number of carboxylic acid groups (broad SMARTS) is 1. The van der Waals surface area contributed by atoms with Crippen LogP contribution in [0.3, 0.4) is 0 Å². The van der Waals surface area contributed by atoms with Gasteiger partial charge in [-0.05, 0) is 85.3 Å². The van der Waals surface area contributed by atoms with Crippen molar-refractivity contribution in [1.29, 1.82) is 0 Å². The molecule has 8 nitrogen and oxygen atoms in total. The molecule has 0 atom stereocenters. The molecule has 0 unspecified atom stereocenters. The van der Waals surface area contributed by atoms with Crippen LogP contribution in [0, 0.1) is 0 Å². The third kappa shape index (κ3) is 9.31. The first kappa shape index (κ1) is 30.0. The molecule has 0 saturated heterocycles. The highest BCUT2D eigenvalue weighted by Crippen LogP contribution is 2.25. The van der Waals surface area contributed by atoms with Crippen LogP contribution in [0.2, 0.25) is 0 Å². The van der Waals surface area contributed by atoms with E-state index in [0.29, 0.717) is 34.7 Å². The Balaban J connectivity index is 1.56. The Morgan fingerprint density at radius 3 is 2.40 bits per heavy atom. The summed E-state index contributed by atoms with van der Waals surface area (Å²) in [6.45, 7) is 0.495. The quantitative estimate of drug-likeness (QED) is 0.244. The van der Waals surface area contributed by atoms with Crippen molar-refractivity contribution in [2.24, 2.45) is 0 Å². The van der Waals surface area contributed by atoms with Gasteiger partial charge in [0.05, 0.1) is 13.7 Å². The number of aryl methyl sites for hydroxylation is 1. The highest BCUT2D eigenvalue weighted by atomic mass is 16.5. The second kappa shape index (κ2) is 15.1. The summed E-state index contributed by atoms with van der Waals surface area (Å²) >= 11 is 0. The number of allylic oxidation sites excluding steroid dienone is 1. The van der Waals surface area contributed by atoms with Crippen molar-refractivity contribution >= 4 is 29.5 Å². The van der Waals surface area contributed by atoms with E-state index in [2.05, 4.69) is 17.5 Å². The van der Waals surface area contributed by atoms with Gasteiger partial charge in [0, 0.05) is 37.3 Å². The zero-order chi connectivity index (χ0) is 28.9. The highest BCUT2D eigenvalue weighted by molar-refractivity contribution is 6.06. The van der Waals surface area contributed by atoms with Crippen LogP contribution in [0.15, 0.2) is 72.8 Å². The first-order valence-corrected chi connectivity index (χ1v) is 13.2. The number of rotatable bonds is 14. The Bertz CT molecular complexity index is 1330. The van der Waals surface area contributed by atoms with Crippen LogP contribution in [0.25, 0.3) is 6.08 Å². The van der Waals surface area contributed by atoms with E-state index in [4.69, 9.17) is 9.47 Å². The number of nitrogens with zero attached hydrogens (tertiary/aromatic N) is 1. The van der Waals surface area contributed by atoms with Crippen LogP contribution in [-0.2, 0) is 11.2 Å². The lowest BCUT2D eigenvalue weighted by Crippen LogP contribution is -2.22. The number of methoxy groups -OCH3 is 1. The van der Waals surface area contributed by atoms with Crippen LogP contribution in [0.5, 0.6) is 11.5 Å². The molecule has 2 N–H and O–H groups in total. The Kier molecular flexibility index (Phi) is 11.3. The molecule has 0 heterocycles. The molecule has 0 radical (unpaired) electrons. The number of hydrogen-bond donors (Lipinski definition) is 2. The number of benzene rings is 3. The molecule has 40 heavy (non-hydrogen) atoms. The summed E-state index contributed by atoms with van der Waals surface area (Å²) in [4.78, 5) is 37.8. The summed E-state index contributed by atoms with van der Waals surface area (Å²) in [6.07, 6.45) is 7.11. The van der Waals surface area contributed by atoms with Crippen molar-refractivity contribution < 1.29 is 29.0 Å². The van der Waals surface area contributed by atoms with Crippen molar-refractivity contribution in [2.45, 2.75) is 32.1 Å². The number of anilines is 1. The molecule has 8 heteroatoms. The molecule has 0 aliphatic heterocycles. The van der Waals surface area contributed by atoms with Crippen LogP contribution < -0.4 is 14.8 Å². The van der Waals surface area contributed by atoms with E-state index >= 15 is 0 Å². The molecule has 0 aliphatic rings. The van der Waals surface area contributed by atoms with Crippen LogP contribution in [0.4, 0.5) is 5.69 Å². The van der Waals surface area contributed by atoms with Crippen molar-refractivity contribution in [1.82, 2.24) is 4.90 Å². The molecule has 3 rings (SSSR count). The fourth-order valence-electron chi connectivity index (χ4n) is 3.97. The summed E-state index contributed by atoms with van der Waals surface area (Å²) in [5, 5.41) is 12.0. The molecular weight excluding hydrogens is 508 g/mol. The minimum atomic E-state index is -0.911. The summed E-state index contributed by atoms with van der Waals surface area (Å²) in [5.41, 5.74) is 3.10. The average Bonchev–Trinajstić information content (AvgIpc) is 2.96. The smallest absolute Gasteiger partial charge is 0.303 e. The second-order valence-electron chi connectivity index (χ2n) is 9.47. The van der Waals surface area contributed by atoms with Crippen molar-refractivity contribution in [3.8, 4) is 11.5 Å². The van der Waals surface area contributed by atoms with Gasteiger partial charge >= 0.3 is 5.97 Å². The van der Waals surface area contributed by atoms with Crippen molar-refractivity contribution in [2.75, 3.05) is 33.1 Å². The lowest BCUT2D eigenvalue weighted by atomic mass is 10.1. The first-order chi connectivity index (χ1) is 19.3. The van der Waals surface area contributed by atoms with E-state index in [1.165, 1.54) is 4.90 Å². The minimum Gasteiger partial charge on any atom is -0.497 e. The monoisotopic (exact) mass is 544 g/mol. The zero-order valence-corrected chi connectivity index (χ0v) is 23.2. The summed E-state index contributed by atoms with van der Waals surface area (Å²) < 4.78 is 11.2. The Morgan fingerprint density at radius 2 is 1.70 bits per heavy atom. The van der Waals surface area contributed by atoms with Gasteiger partial charge in [0.2, 0.25) is 0 Å². The molecule has 3 aromatic carbocycles. The fourth-order valence-corrected chi connectivity index (χ4v) is 3.97. The summed E-state index contributed by atoms with van der Waals surface area (Å²) in [6, 6.07) is 19.6. The molecule has 0 spiro atoms. The Morgan fingerprint density at radius 1 is 0.950 bits per heavy atom. The minimum absolute atomic E-state index is 0.0569. The van der Waals surface area contributed by atoms with Crippen molar-refractivity contribution in [3.63, 3.8) is 0 Å². The van der Waals surface area contributed by atoms with Crippen molar-refractivity contribution in [3.05, 3.63) is 95.1 Å². The van der Waals surface area contributed by atoms with E-state index in [1.807, 2.05) is 24.3 Å². The number of unbranched alkanes of at least 4 members (excludes halogenated alkanes) is 2. The van der Waals surface area contributed by atoms with Gasteiger partial charge in [0.25, 0.3) is 11.8 Å². The van der Waals surface area contributed by atoms with E-state index in [0.717, 1.165) is 30.6 Å². The molecule has 0 aromatic heterocycles. The third-order valence-corrected chi connectivity index (χ3v) is 6.15. The zero-order valence-electron chi connectivity index (χ0n) is 23.2. The number of hydrogen-bond acceptors (Lipinski definition) is 5. The van der Waals surface area contributed by atoms with Crippen LogP contribution in [0.1, 0.15) is 57.5 Å². The number of nitrogens with one attached hydrogen (secondary N) is 1. The molecule has 3 aromatic rings. The fraction of sp³-hybridized carbons (Fsp3) is 0.281. The summed E-state index contributed by atoms with van der Waals surface area (Å²) in [7, 11) is 4.95. The Labute approximate surface area is 235 Å². The predicted octanol–water partition coefficient (Wildman–Crippen LogP) is 5.93. The van der Waals surface area contributed by atoms with E-state index in [1.54, 1.807) is 63.7 Å². The largest absolute Gasteiger partial charge is 0.497 e. The molecule has 0 saturated carbocycles. The molecule has 0 aliphatic carbocycles. The highest BCUT2D eigenvalue weighted by Gasteiger charge is 2.14.